The number of anilines is 1. The number of piperidine rings is 1. The average Bonchev–Trinajstić information content (AvgIpc) is 2.63. The summed E-state index contributed by atoms with van der Waals surface area (Å²) in [4.78, 5) is 23.0. The molecule has 0 saturated carbocycles. The Morgan fingerprint density at radius 3 is 2.67 bits per heavy atom. The van der Waals surface area contributed by atoms with Gasteiger partial charge in [-0.05, 0) is 50.9 Å². The first-order chi connectivity index (χ1) is 11.7. The maximum absolute atomic E-state index is 12.3. The smallest absolute Gasteiger partial charge is 0.317 e. The van der Waals surface area contributed by atoms with Gasteiger partial charge in [0, 0.05) is 57.3 Å². The fourth-order valence-electron chi connectivity index (χ4n) is 3.73. The Balaban J connectivity index is 1.36. The quantitative estimate of drug-likeness (QED) is 0.911. The molecule has 6 heteroatoms. The second-order valence-corrected chi connectivity index (χ2v) is 6.97. The summed E-state index contributed by atoms with van der Waals surface area (Å²) < 4.78 is 0. The van der Waals surface area contributed by atoms with Gasteiger partial charge in [0.25, 0.3) is 0 Å². The van der Waals surface area contributed by atoms with Crippen LogP contribution in [0.3, 0.4) is 0 Å². The van der Waals surface area contributed by atoms with Crippen LogP contribution in [0.2, 0.25) is 0 Å². The van der Waals surface area contributed by atoms with Crippen LogP contribution in [0.15, 0.2) is 24.5 Å². The first kappa shape index (κ1) is 17.0. The molecule has 0 unspecified atom stereocenters. The van der Waals surface area contributed by atoms with Crippen molar-refractivity contribution in [2.75, 3.05) is 57.8 Å². The van der Waals surface area contributed by atoms with Crippen LogP contribution in [-0.4, -0.2) is 73.7 Å². The minimum atomic E-state index is 0.0912. The number of urea groups is 1. The largest absolute Gasteiger partial charge is 0.368 e. The molecule has 0 aliphatic carbocycles. The van der Waals surface area contributed by atoms with Crippen LogP contribution in [-0.2, 0) is 0 Å². The Morgan fingerprint density at radius 2 is 1.96 bits per heavy atom. The number of carbonyl (C=O) groups excluding carboxylic acids is 1. The monoisotopic (exact) mass is 331 g/mol. The Kier molecular flexibility index (Phi) is 5.91. The van der Waals surface area contributed by atoms with E-state index < -0.39 is 0 Å². The highest BCUT2D eigenvalue weighted by Gasteiger charge is 2.22. The van der Waals surface area contributed by atoms with Gasteiger partial charge in [0.05, 0.1) is 0 Å². The molecule has 24 heavy (non-hydrogen) atoms. The van der Waals surface area contributed by atoms with Gasteiger partial charge in [-0.2, -0.15) is 0 Å². The zero-order valence-corrected chi connectivity index (χ0v) is 14.7. The molecule has 0 bridgehead atoms. The van der Waals surface area contributed by atoms with Gasteiger partial charge in [-0.3, -0.25) is 4.98 Å². The van der Waals surface area contributed by atoms with E-state index in [-0.39, 0.29) is 6.03 Å². The van der Waals surface area contributed by atoms with Gasteiger partial charge in [0.2, 0.25) is 0 Å². The van der Waals surface area contributed by atoms with Crippen molar-refractivity contribution in [3.63, 3.8) is 0 Å². The topological polar surface area (TPSA) is 51.7 Å². The Labute approximate surface area is 144 Å². The lowest BCUT2D eigenvalue weighted by molar-refractivity contribution is 0.186. The van der Waals surface area contributed by atoms with Crippen molar-refractivity contribution in [2.24, 2.45) is 5.92 Å². The molecule has 0 aromatic carbocycles. The first-order valence-electron chi connectivity index (χ1n) is 9.08. The number of carbonyl (C=O) groups is 1. The second-order valence-electron chi connectivity index (χ2n) is 6.97. The van der Waals surface area contributed by atoms with Gasteiger partial charge in [-0.25, -0.2) is 4.79 Å². The molecular formula is C18H29N5O. The summed E-state index contributed by atoms with van der Waals surface area (Å²) >= 11 is 0. The van der Waals surface area contributed by atoms with Gasteiger partial charge in [-0.15, -0.1) is 0 Å². The molecule has 1 N–H and O–H groups in total. The van der Waals surface area contributed by atoms with Gasteiger partial charge in [-0.1, -0.05) is 0 Å². The molecular weight excluding hydrogens is 302 g/mol. The van der Waals surface area contributed by atoms with Crippen molar-refractivity contribution in [1.82, 2.24) is 20.1 Å². The van der Waals surface area contributed by atoms with Crippen LogP contribution in [0.4, 0.5) is 10.5 Å². The van der Waals surface area contributed by atoms with E-state index in [4.69, 9.17) is 0 Å². The van der Waals surface area contributed by atoms with Crippen molar-refractivity contribution in [3.05, 3.63) is 24.5 Å². The van der Waals surface area contributed by atoms with Crippen molar-refractivity contribution < 1.29 is 4.79 Å². The number of hydrogen-bond donors (Lipinski definition) is 1. The number of pyridine rings is 1. The number of aromatic nitrogens is 1. The van der Waals surface area contributed by atoms with Crippen LogP contribution in [0.1, 0.15) is 19.3 Å². The summed E-state index contributed by atoms with van der Waals surface area (Å²) in [6.45, 7) is 6.49. The summed E-state index contributed by atoms with van der Waals surface area (Å²) in [5, 5.41) is 3.11. The van der Waals surface area contributed by atoms with E-state index in [2.05, 4.69) is 27.1 Å². The molecule has 2 aliphatic rings. The standard InChI is InChI=1S/C18H29N5O/c1-21-10-2-3-16(15-21)4-9-20-18(24)23-13-11-22(12-14-23)17-5-7-19-8-6-17/h5-8,16H,2-4,9-15H2,1H3,(H,20,24)/t16-/m1/s1. The van der Waals surface area contributed by atoms with Crippen LogP contribution in [0.25, 0.3) is 0 Å². The van der Waals surface area contributed by atoms with Gasteiger partial charge < -0.3 is 20.0 Å². The minimum absolute atomic E-state index is 0.0912. The van der Waals surface area contributed by atoms with E-state index in [0.29, 0.717) is 0 Å². The number of piperazine rings is 1. The van der Waals surface area contributed by atoms with Gasteiger partial charge >= 0.3 is 6.03 Å². The third kappa shape index (κ3) is 4.60. The van der Waals surface area contributed by atoms with Crippen molar-refractivity contribution >= 4 is 11.7 Å². The molecule has 132 valence electrons. The van der Waals surface area contributed by atoms with Crippen LogP contribution in [0, 0.1) is 5.92 Å². The lowest BCUT2D eigenvalue weighted by Gasteiger charge is -2.36. The van der Waals surface area contributed by atoms with Gasteiger partial charge in [0.1, 0.15) is 0 Å². The van der Waals surface area contributed by atoms with E-state index in [1.165, 1.54) is 31.6 Å². The van der Waals surface area contributed by atoms with Crippen LogP contribution < -0.4 is 10.2 Å². The third-order valence-electron chi connectivity index (χ3n) is 5.15. The molecule has 0 radical (unpaired) electrons. The van der Waals surface area contributed by atoms with Crippen molar-refractivity contribution in [2.45, 2.75) is 19.3 Å². The van der Waals surface area contributed by atoms with Crippen molar-refractivity contribution in [1.29, 1.82) is 0 Å². The molecule has 3 rings (SSSR count). The predicted octanol–water partition coefficient (Wildman–Crippen LogP) is 1.65. The number of hydrogen-bond acceptors (Lipinski definition) is 4. The number of amides is 2. The van der Waals surface area contributed by atoms with E-state index in [0.717, 1.165) is 45.1 Å². The fraction of sp³-hybridized carbons (Fsp3) is 0.667. The molecule has 2 saturated heterocycles. The van der Waals surface area contributed by atoms with Crippen molar-refractivity contribution in [3.8, 4) is 0 Å². The van der Waals surface area contributed by atoms with E-state index in [1.807, 2.05) is 29.4 Å². The fourth-order valence-corrected chi connectivity index (χ4v) is 3.73. The zero-order valence-electron chi connectivity index (χ0n) is 14.7. The molecule has 1 aromatic heterocycles. The summed E-state index contributed by atoms with van der Waals surface area (Å²) in [5.41, 5.74) is 1.19. The predicted molar refractivity (Wildman–Crippen MR) is 96.3 cm³/mol. The molecule has 2 amide bonds. The molecule has 3 heterocycles. The lowest BCUT2D eigenvalue weighted by atomic mass is 9.95. The van der Waals surface area contributed by atoms with E-state index >= 15 is 0 Å². The minimum Gasteiger partial charge on any atom is -0.368 e. The maximum atomic E-state index is 12.3. The summed E-state index contributed by atoms with van der Waals surface area (Å²) in [6, 6.07) is 4.14. The summed E-state index contributed by atoms with van der Waals surface area (Å²) in [5.74, 6) is 0.729. The molecule has 1 atom stereocenters. The second kappa shape index (κ2) is 8.33. The first-order valence-corrected chi connectivity index (χ1v) is 9.08. The molecule has 1 aromatic rings. The number of rotatable bonds is 4. The van der Waals surface area contributed by atoms with E-state index in [9.17, 15) is 4.79 Å². The molecule has 0 spiro atoms. The van der Waals surface area contributed by atoms with Crippen LogP contribution >= 0.6 is 0 Å². The lowest BCUT2D eigenvalue weighted by Crippen LogP contribution is -2.52. The number of nitrogens with zero attached hydrogens (tertiary/aromatic N) is 4. The Hall–Kier alpha value is -1.82. The third-order valence-corrected chi connectivity index (χ3v) is 5.15. The number of nitrogens with one attached hydrogen (secondary N) is 1. The molecule has 6 nitrogen and oxygen atoms in total. The average molecular weight is 331 g/mol. The summed E-state index contributed by atoms with van der Waals surface area (Å²) in [7, 11) is 2.19. The highest BCUT2D eigenvalue weighted by atomic mass is 16.2. The highest BCUT2D eigenvalue weighted by molar-refractivity contribution is 5.74. The zero-order chi connectivity index (χ0) is 16.8. The molecule has 2 aliphatic heterocycles. The highest BCUT2D eigenvalue weighted by Crippen LogP contribution is 2.18. The van der Waals surface area contributed by atoms with E-state index in [1.54, 1.807) is 0 Å². The molecule has 2 fully saturated rings. The number of likely N-dealkylation sites (tertiary alicyclic amines) is 1. The summed E-state index contributed by atoms with van der Waals surface area (Å²) in [6.07, 6.45) is 7.30. The van der Waals surface area contributed by atoms with Gasteiger partial charge in [0.15, 0.2) is 0 Å². The SMILES string of the molecule is CN1CCC[C@H](CCNC(=O)N2CCN(c3ccncc3)CC2)C1. The maximum Gasteiger partial charge on any atom is 0.317 e. The Morgan fingerprint density at radius 1 is 1.21 bits per heavy atom. The normalized spacial score (nSPS) is 22.5. The van der Waals surface area contributed by atoms with Crippen LogP contribution in [0.5, 0.6) is 0 Å². The Bertz CT molecular complexity index is 515.